The first-order chi connectivity index (χ1) is 6.13. The van der Waals surface area contributed by atoms with Gasteiger partial charge in [0.15, 0.2) is 0 Å². The van der Waals surface area contributed by atoms with Crippen molar-refractivity contribution in [3.8, 4) is 0 Å². The summed E-state index contributed by atoms with van der Waals surface area (Å²) in [5.74, 6) is 0. The number of hydroxylamine groups is 2. The number of aliphatic hydroxyl groups excluding tert-OH is 1. The zero-order valence-electron chi connectivity index (χ0n) is 7.88. The first kappa shape index (κ1) is 10.2. The van der Waals surface area contributed by atoms with Gasteiger partial charge in [0.2, 0.25) is 0 Å². The molecule has 0 aromatic heterocycles. The van der Waals surface area contributed by atoms with E-state index >= 15 is 0 Å². The molecule has 0 bridgehead atoms. The van der Waals surface area contributed by atoms with Crippen molar-refractivity contribution in [1.82, 2.24) is 5.06 Å². The molecule has 13 heavy (non-hydrogen) atoms. The predicted molar refractivity (Wildman–Crippen MR) is 50.4 cm³/mol. The largest absolute Gasteiger partial charge is 0.387 e. The molecule has 1 rings (SSSR count). The lowest BCUT2D eigenvalue weighted by atomic mass is 10.0. The molecule has 2 atom stereocenters. The Kier molecular flexibility index (Phi) is 3.42. The summed E-state index contributed by atoms with van der Waals surface area (Å²) < 4.78 is 0. The van der Waals surface area contributed by atoms with Gasteiger partial charge in [-0.15, -0.1) is 0 Å². The van der Waals surface area contributed by atoms with E-state index in [-0.39, 0.29) is 6.04 Å². The zero-order chi connectivity index (χ0) is 9.84. The molecule has 2 N–H and O–H groups in total. The fraction of sp³-hybridized carbons (Fsp3) is 0.400. The highest BCUT2D eigenvalue weighted by Crippen LogP contribution is 2.18. The number of likely N-dealkylation sites (N-methyl/N-ethyl adjacent to an activating group) is 1. The molecule has 0 fully saturated rings. The van der Waals surface area contributed by atoms with Crippen LogP contribution in [0.5, 0.6) is 0 Å². The van der Waals surface area contributed by atoms with Crippen LogP contribution in [0, 0.1) is 0 Å². The second kappa shape index (κ2) is 4.37. The minimum atomic E-state index is -0.656. The van der Waals surface area contributed by atoms with Gasteiger partial charge in [-0.2, -0.15) is 5.06 Å². The van der Waals surface area contributed by atoms with E-state index < -0.39 is 6.10 Å². The number of hydrogen-bond donors (Lipinski definition) is 2. The molecule has 72 valence electrons. The van der Waals surface area contributed by atoms with Crippen molar-refractivity contribution < 1.29 is 10.3 Å². The molecular weight excluding hydrogens is 166 g/mol. The van der Waals surface area contributed by atoms with E-state index in [9.17, 15) is 5.11 Å². The highest BCUT2D eigenvalue weighted by molar-refractivity contribution is 5.18. The predicted octanol–water partition coefficient (Wildman–Crippen LogP) is 1.43. The maximum Gasteiger partial charge on any atom is 0.0965 e. The maximum atomic E-state index is 9.76. The van der Waals surface area contributed by atoms with E-state index in [4.69, 9.17) is 5.21 Å². The Balaban J connectivity index is 2.73. The van der Waals surface area contributed by atoms with Gasteiger partial charge < -0.3 is 10.3 Å². The zero-order valence-corrected chi connectivity index (χ0v) is 7.88. The van der Waals surface area contributed by atoms with Crippen molar-refractivity contribution in [3.05, 3.63) is 35.9 Å². The second-order valence-electron chi connectivity index (χ2n) is 3.17. The summed E-state index contributed by atoms with van der Waals surface area (Å²) in [6, 6.07) is 8.99. The molecular formula is C10H15NO2. The summed E-state index contributed by atoms with van der Waals surface area (Å²) in [5.41, 5.74) is 0.816. The fourth-order valence-corrected chi connectivity index (χ4v) is 1.13. The van der Waals surface area contributed by atoms with Crippen LogP contribution in [0.3, 0.4) is 0 Å². The lowest BCUT2D eigenvalue weighted by Gasteiger charge is -2.23. The Bertz CT molecular complexity index is 248. The quantitative estimate of drug-likeness (QED) is 0.693. The number of rotatable bonds is 3. The van der Waals surface area contributed by atoms with Crippen LogP contribution < -0.4 is 0 Å². The molecule has 0 saturated heterocycles. The van der Waals surface area contributed by atoms with Crippen LogP contribution >= 0.6 is 0 Å². The van der Waals surface area contributed by atoms with Crippen LogP contribution in [0.1, 0.15) is 18.6 Å². The van der Waals surface area contributed by atoms with Crippen molar-refractivity contribution in [1.29, 1.82) is 0 Å². The van der Waals surface area contributed by atoms with Crippen molar-refractivity contribution in [2.45, 2.75) is 19.1 Å². The Morgan fingerprint density at radius 3 is 2.23 bits per heavy atom. The van der Waals surface area contributed by atoms with Gasteiger partial charge in [-0.05, 0) is 12.5 Å². The fourth-order valence-electron chi connectivity index (χ4n) is 1.13. The summed E-state index contributed by atoms with van der Waals surface area (Å²) in [6.45, 7) is 1.76. The third kappa shape index (κ3) is 2.52. The van der Waals surface area contributed by atoms with Gasteiger partial charge in [0.1, 0.15) is 0 Å². The monoisotopic (exact) mass is 181 g/mol. The van der Waals surface area contributed by atoms with E-state index in [1.165, 1.54) is 7.05 Å². The van der Waals surface area contributed by atoms with Crippen LogP contribution in [0.4, 0.5) is 0 Å². The van der Waals surface area contributed by atoms with Crippen molar-refractivity contribution in [3.63, 3.8) is 0 Å². The number of hydrogen-bond acceptors (Lipinski definition) is 3. The molecule has 0 aliphatic rings. The molecule has 0 amide bonds. The normalized spacial score (nSPS) is 15.8. The van der Waals surface area contributed by atoms with E-state index in [1.54, 1.807) is 6.92 Å². The third-order valence-corrected chi connectivity index (χ3v) is 2.19. The summed E-state index contributed by atoms with van der Waals surface area (Å²) in [7, 11) is 1.52. The first-order valence-electron chi connectivity index (χ1n) is 4.27. The minimum Gasteiger partial charge on any atom is -0.387 e. The second-order valence-corrected chi connectivity index (χ2v) is 3.17. The summed E-state index contributed by atoms with van der Waals surface area (Å²) in [6.07, 6.45) is -0.656. The average molecular weight is 181 g/mol. The van der Waals surface area contributed by atoms with Gasteiger partial charge in [-0.3, -0.25) is 0 Å². The van der Waals surface area contributed by atoms with Gasteiger partial charge in [0.05, 0.1) is 12.1 Å². The first-order valence-corrected chi connectivity index (χ1v) is 4.27. The SMILES string of the molecule is C[C@@H]([C@H](O)c1ccccc1)N(C)O. The van der Waals surface area contributed by atoms with Crippen LogP contribution in [0.2, 0.25) is 0 Å². The van der Waals surface area contributed by atoms with Gasteiger partial charge in [-0.1, -0.05) is 30.3 Å². The molecule has 0 spiro atoms. The average Bonchev–Trinajstić information content (AvgIpc) is 2.17. The highest BCUT2D eigenvalue weighted by atomic mass is 16.5. The Labute approximate surface area is 78.2 Å². The van der Waals surface area contributed by atoms with E-state index in [0.29, 0.717) is 0 Å². The molecule has 0 aliphatic heterocycles. The van der Waals surface area contributed by atoms with Crippen LogP contribution in [0.15, 0.2) is 30.3 Å². The number of aliphatic hydroxyl groups is 1. The molecule has 3 heteroatoms. The standard InChI is InChI=1S/C10H15NO2/c1-8(11(2)13)10(12)9-6-4-3-5-7-9/h3-8,10,12-13H,1-2H3/t8-,10-/m0/s1. The summed E-state index contributed by atoms with van der Waals surface area (Å²) in [5, 5.41) is 19.9. The Morgan fingerprint density at radius 1 is 1.23 bits per heavy atom. The smallest absolute Gasteiger partial charge is 0.0965 e. The molecule has 0 unspecified atom stereocenters. The Morgan fingerprint density at radius 2 is 1.77 bits per heavy atom. The lowest BCUT2D eigenvalue weighted by Crippen LogP contribution is -2.31. The topological polar surface area (TPSA) is 43.7 Å². The van der Waals surface area contributed by atoms with Crippen molar-refractivity contribution >= 4 is 0 Å². The van der Waals surface area contributed by atoms with E-state index in [0.717, 1.165) is 10.6 Å². The lowest BCUT2D eigenvalue weighted by molar-refractivity contribution is -0.129. The Hall–Kier alpha value is -0.900. The molecule has 0 radical (unpaired) electrons. The van der Waals surface area contributed by atoms with Crippen LogP contribution in [-0.4, -0.2) is 28.5 Å². The number of nitrogens with zero attached hydrogens (tertiary/aromatic N) is 1. The van der Waals surface area contributed by atoms with E-state index in [2.05, 4.69) is 0 Å². The van der Waals surface area contributed by atoms with E-state index in [1.807, 2.05) is 30.3 Å². The molecule has 3 nitrogen and oxygen atoms in total. The molecule has 0 aliphatic carbocycles. The van der Waals surface area contributed by atoms with Gasteiger partial charge in [-0.25, -0.2) is 0 Å². The minimum absolute atomic E-state index is 0.303. The van der Waals surface area contributed by atoms with Crippen LogP contribution in [0.25, 0.3) is 0 Å². The summed E-state index contributed by atoms with van der Waals surface area (Å²) >= 11 is 0. The molecule has 1 aromatic carbocycles. The van der Waals surface area contributed by atoms with Crippen molar-refractivity contribution in [2.24, 2.45) is 0 Å². The molecule has 0 saturated carbocycles. The third-order valence-electron chi connectivity index (χ3n) is 2.19. The molecule has 0 heterocycles. The van der Waals surface area contributed by atoms with Gasteiger partial charge in [0.25, 0.3) is 0 Å². The van der Waals surface area contributed by atoms with Crippen molar-refractivity contribution in [2.75, 3.05) is 7.05 Å². The summed E-state index contributed by atoms with van der Waals surface area (Å²) in [4.78, 5) is 0. The maximum absolute atomic E-state index is 9.76. The number of benzene rings is 1. The highest BCUT2D eigenvalue weighted by Gasteiger charge is 2.18. The van der Waals surface area contributed by atoms with Gasteiger partial charge >= 0.3 is 0 Å². The van der Waals surface area contributed by atoms with Gasteiger partial charge in [0, 0.05) is 7.05 Å². The molecule has 1 aromatic rings. The van der Waals surface area contributed by atoms with Crippen LogP contribution in [-0.2, 0) is 0 Å².